The fraction of sp³-hybridized carbons (Fsp3) is 0.533. The molecular weight excluding hydrogens is 343 g/mol. The minimum absolute atomic E-state index is 0.267. The van der Waals surface area contributed by atoms with Crippen molar-refractivity contribution in [3.05, 3.63) is 28.2 Å². The van der Waals surface area contributed by atoms with E-state index in [-0.39, 0.29) is 5.82 Å². The van der Waals surface area contributed by atoms with E-state index in [2.05, 4.69) is 25.5 Å². The molecule has 3 atom stereocenters. The summed E-state index contributed by atoms with van der Waals surface area (Å²) in [5.74, 6) is 2.58. The fourth-order valence-corrected chi connectivity index (χ4v) is 4.65. The number of nitrogens with zero attached hydrogens (tertiary/aromatic N) is 2. The quantitative estimate of drug-likeness (QED) is 0.689. The Balaban J connectivity index is 1.90. The lowest BCUT2D eigenvalue weighted by Gasteiger charge is -2.25. The van der Waals surface area contributed by atoms with E-state index >= 15 is 0 Å². The van der Waals surface area contributed by atoms with Crippen molar-refractivity contribution in [2.24, 2.45) is 11.8 Å². The minimum atomic E-state index is -0.267. The first-order valence-corrected chi connectivity index (χ1v) is 8.42. The van der Waals surface area contributed by atoms with E-state index in [1.54, 1.807) is 0 Å². The normalized spacial score (nSPS) is 28.6. The van der Waals surface area contributed by atoms with Gasteiger partial charge in [0.15, 0.2) is 0 Å². The SMILES string of the molecule is Fc1cc2nc(CCl)n(C3CC4CCC3C4)c2cc1Br. The molecule has 2 nitrogen and oxygen atoms in total. The van der Waals surface area contributed by atoms with Crippen molar-refractivity contribution in [1.29, 1.82) is 0 Å². The van der Waals surface area contributed by atoms with Crippen LogP contribution in [0.2, 0.25) is 0 Å². The largest absolute Gasteiger partial charge is 0.324 e. The summed E-state index contributed by atoms with van der Waals surface area (Å²) in [7, 11) is 0. The zero-order valence-electron chi connectivity index (χ0n) is 11.0. The van der Waals surface area contributed by atoms with Gasteiger partial charge in [-0.1, -0.05) is 6.42 Å². The maximum atomic E-state index is 13.7. The van der Waals surface area contributed by atoms with E-state index in [1.807, 2.05) is 6.07 Å². The molecule has 2 saturated carbocycles. The molecule has 2 fully saturated rings. The molecule has 2 bridgehead atoms. The van der Waals surface area contributed by atoms with Gasteiger partial charge in [0.1, 0.15) is 11.6 Å². The molecular formula is C15H15BrClFN2. The predicted octanol–water partition coefficient (Wildman–Crippen LogP) is 5.04. The molecule has 2 aliphatic carbocycles. The average molecular weight is 358 g/mol. The molecule has 2 aliphatic rings. The Bertz CT molecular complexity index is 684. The second-order valence-electron chi connectivity index (χ2n) is 6.03. The summed E-state index contributed by atoms with van der Waals surface area (Å²) in [5, 5.41) is 0. The van der Waals surface area contributed by atoms with Crippen molar-refractivity contribution >= 4 is 38.6 Å². The lowest BCUT2D eigenvalue weighted by atomic mass is 9.95. The highest BCUT2D eigenvalue weighted by Gasteiger charge is 2.41. The van der Waals surface area contributed by atoms with E-state index in [1.165, 1.54) is 31.7 Å². The van der Waals surface area contributed by atoms with Crippen LogP contribution >= 0.6 is 27.5 Å². The van der Waals surface area contributed by atoms with E-state index in [4.69, 9.17) is 11.6 Å². The lowest BCUT2D eigenvalue weighted by molar-refractivity contribution is 0.331. The van der Waals surface area contributed by atoms with Crippen molar-refractivity contribution < 1.29 is 4.39 Å². The summed E-state index contributed by atoms with van der Waals surface area (Å²) in [4.78, 5) is 4.53. The monoisotopic (exact) mass is 356 g/mol. The van der Waals surface area contributed by atoms with Crippen LogP contribution in [0, 0.1) is 17.7 Å². The summed E-state index contributed by atoms with van der Waals surface area (Å²) in [5.41, 5.74) is 1.72. The summed E-state index contributed by atoms with van der Waals surface area (Å²) >= 11 is 9.36. The van der Waals surface area contributed by atoms with Crippen LogP contribution in [0.25, 0.3) is 11.0 Å². The third kappa shape index (κ3) is 1.84. The summed E-state index contributed by atoms with van der Waals surface area (Å²) in [6, 6.07) is 3.84. The number of rotatable bonds is 2. The van der Waals surface area contributed by atoms with Gasteiger partial charge in [-0.2, -0.15) is 0 Å². The van der Waals surface area contributed by atoms with Gasteiger partial charge in [-0.25, -0.2) is 9.37 Å². The van der Waals surface area contributed by atoms with Gasteiger partial charge in [-0.3, -0.25) is 0 Å². The highest BCUT2D eigenvalue weighted by molar-refractivity contribution is 9.10. The van der Waals surface area contributed by atoms with Crippen molar-refractivity contribution in [3.8, 4) is 0 Å². The van der Waals surface area contributed by atoms with Gasteiger partial charge in [0.2, 0.25) is 0 Å². The zero-order chi connectivity index (χ0) is 13.9. The maximum absolute atomic E-state index is 13.7. The second-order valence-corrected chi connectivity index (χ2v) is 7.15. The van der Waals surface area contributed by atoms with Crippen LogP contribution in [0.3, 0.4) is 0 Å². The number of hydrogen-bond acceptors (Lipinski definition) is 1. The smallest absolute Gasteiger partial charge is 0.139 e. The Morgan fingerprint density at radius 1 is 1.35 bits per heavy atom. The Morgan fingerprint density at radius 3 is 2.85 bits per heavy atom. The van der Waals surface area contributed by atoms with Gasteiger partial charge in [0, 0.05) is 12.1 Å². The molecule has 5 heteroatoms. The van der Waals surface area contributed by atoms with E-state index in [9.17, 15) is 4.39 Å². The molecule has 106 valence electrons. The molecule has 0 amide bonds. The van der Waals surface area contributed by atoms with Gasteiger partial charge < -0.3 is 4.57 Å². The molecule has 1 aromatic carbocycles. The fourth-order valence-electron chi connectivity index (χ4n) is 4.13. The van der Waals surface area contributed by atoms with Gasteiger partial charge in [0.25, 0.3) is 0 Å². The topological polar surface area (TPSA) is 17.8 Å². The second kappa shape index (κ2) is 4.70. The first-order chi connectivity index (χ1) is 9.67. The van der Waals surface area contributed by atoms with Gasteiger partial charge in [-0.05, 0) is 53.1 Å². The van der Waals surface area contributed by atoms with Crippen LogP contribution in [-0.4, -0.2) is 9.55 Å². The maximum Gasteiger partial charge on any atom is 0.139 e. The third-order valence-electron chi connectivity index (χ3n) is 4.96. The average Bonchev–Trinajstić information content (AvgIpc) is 3.12. The van der Waals surface area contributed by atoms with Crippen LogP contribution in [0.5, 0.6) is 0 Å². The summed E-state index contributed by atoms with van der Waals surface area (Å²) in [6.45, 7) is 0. The summed E-state index contributed by atoms with van der Waals surface area (Å²) < 4.78 is 16.5. The number of aromatic nitrogens is 2. The summed E-state index contributed by atoms with van der Waals surface area (Å²) in [6.07, 6.45) is 5.21. The van der Waals surface area contributed by atoms with Crippen LogP contribution in [0.1, 0.15) is 37.5 Å². The molecule has 20 heavy (non-hydrogen) atoms. The van der Waals surface area contributed by atoms with Crippen LogP contribution < -0.4 is 0 Å². The number of alkyl halides is 1. The number of benzene rings is 1. The Morgan fingerprint density at radius 2 is 2.20 bits per heavy atom. The van der Waals surface area contributed by atoms with E-state index in [0.29, 0.717) is 21.9 Å². The van der Waals surface area contributed by atoms with Crippen molar-refractivity contribution in [2.45, 2.75) is 37.6 Å². The molecule has 0 saturated heterocycles. The van der Waals surface area contributed by atoms with Crippen LogP contribution in [0.4, 0.5) is 4.39 Å². The minimum Gasteiger partial charge on any atom is -0.324 e. The number of halogens is 3. The van der Waals surface area contributed by atoms with E-state index in [0.717, 1.165) is 23.2 Å². The zero-order valence-corrected chi connectivity index (χ0v) is 13.3. The highest BCUT2D eigenvalue weighted by atomic mass is 79.9. The van der Waals surface area contributed by atoms with E-state index < -0.39 is 0 Å². The van der Waals surface area contributed by atoms with Gasteiger partial charge >= 0.3 is 0 Å². The molecule has 4 rings (SSSR count). The molecule has 1 heterocycles. The lowest BCUT2D eigenvalue weighted by Crippen LogP contribution is -2.18. The van der Waals surface area contributed by atoms with Crippen molar-refractivity contribution in [1.82, 2.24) is 9.55 Å². The molecule has 2 aromatic rings. The van der Waals surface area contributed by atoms with Gasteiger partial charge in [-0.15, -0.1) is 11.6 Å². The number of fused-ring (bicyclic) bond motifs is 3. The Hall–Kier alpha value is -0.610. The number of hydrogen-bond donors (Lipinski definition) is 0. The van der Waals surface area contributed by atoms with Crippen LogP contribution in [0.15, 0.2) is 16.6 Å². The number of imidazole rings is 1. The molecule has 0 aliphatic heterocycles. The predicted molar refractivity (Wildman–Crippen MR) is 81.4 cm³/mol. The highest BCUT2D eigenvalue weighted by Crippen LogP contribution is 2.51. The molecule has 0 N–H and O–H groups in total. The van der Waals surface area contributed by atoms with Crippen molar-refractivity contribution in [2.75, 3.05) is 0 Å². The first kappa shape index (κ1) is 13.1. The Labute approximate surface area is 130 Å². The Kier molecular flexibility index (Phi) is 3.08. The first-order valence-electron chi connectivity index (χ1n) is 7.09. The molecule has 3 unspecified atom stereocenters. The standard InChI is InChI=1S/C15H15BrClFN2/c16-10-5-14-12(6-11(10)18)19-15(7-17)20(14)13-4-8-1-2-9(13)3-8/h5-6,8-9,13H,1-4,7H2. The van der Waals surface area contributed by atoms with Crippen molar-refractivity contribution in [3.63, 3.8) is 0 Å². The molecule has 0 radical (unpaired) electrons. The third-order valence-corrected chi connectivity index (χ3v) is 5.80. The van der Waals surface area contributed by atoms with Gasteiger partial charge in [0.05, 0.1) is 21.4 Å². The molecule has 0 spiro atoms. The van der Waals surface area contributed by atoms with Crippen LogP contribution in [-0.2, 0) is 5.88 Å². The molecule has 1 aromatic heterocycles.